The van der Waals surface area contributed by atoms with E-state index in [0.29, 0.717) is 16.9 Å². The van der Waals surface area contributed by atoms with Gasteiger partial charge in [0.1, 0.15) is 0 Å². The van der Waals surface area contributed by atoms with Crippen molar-refractivity contribution in [3.63, 3.8) is 0 Å². The molecule has 1 aromatic rings. The quantitative estimate of drug-likeness (QED) is 0.792. The summed E-state index contributed by atoms with van der Waals surface area (Å²) in [5.74, 6) is 0.321. The van der Waals surface area contributed by atoms with Crippen LogP contribution in [0, 0.1) is 5.92 Å². The third-order valence-electron chi connectivity index (χ3n) is 6.25. The zero-order chi connectivity index (χ0) is 20.8. The number of carbonyl (C=O) groups is 1. The minimum absolute atomic E-state index is 0.0106. The van der Waals surface area contributed by atoms with E-state index in [1.165, 1.54) is 14.2 Å². The first-order valence-corrected chi connectivity index (χ1v) is 9.27. The maximum atomic E-state index is 12.7. The van der Waals surface area contributed by atoms with Gasteiger partial charge >= 0.3 is 0 Å². The van der Waals surface area contributed by atoms with Gasteiger partial charge in [-0.15, -0.1) is 0 Å². The van der Waals surface area contributed by atoms with Gasteiger partial charge in [-0.2, -0.15) is 0 Å². The Kier molecular flexibility index (Phi) is 5.44. The summed E-state index contributed by atoms with van der Waals surface area (Å²) < 4.78 is 16.6. The average molecular weight is 391 g/mol. The zero-order valence-electron chi connectivity index (χ0n) is 17.3. The number of hydrogen-bond acceptors (Lipinski definition) is 7. The number of benzene rings is 1. The van der Waals surface area contributed by atoms with Crippen LogP contribution in [0.15, 0.2) is 17.9 Å². The molecule has 2 N–H and O–H groups in total. The Morgan fingerprint density at radius 3 is 2.43 bits per heavy atom. The molecule has 0 saturated heterocycles. The van der Waals surface area contributed by atoms with Crippen molar-refractivity contribution in [3.05, 3.63) is 34.6 Å². The first-order valence-electron chi connectivity index (χ1n) is 9.27. The molecular weight excluding hydrogens is 362 g/mol. The largest absolute Gasteiger partial charge is 0.504 e. The summed E-state index contributed by atoms with van der Waals surface area (Å²) in [6, 6.07) is 1.51. The lowest BCUT2D eigenvalue weighted by molar-refractivity contribution is -0.122. The third-order valence-corrected chi connectivity index (χ3v) is 6.25. The molecule has 0 spiro atoms. The van der Waals surface area contributed by atoms with E-state index < -0.39 is 11.5 Å². The Labute approximate surface area is 165 Å². The average Bonchev–Trinajstić information content (AvgIpc) is 2.66. The number of methoxy groups -OCH3 is 3. The van der Waals surface area contributed by atoms with Gasteiger partial charge in [0.25, 0.3) is 0 Å². The molecule has 2 aliphatic carbocycles. The molecule has 0 fully saturated rings. The first-order chi connectivity index (χ1) is 13.2. The molecule has 28 heavy (non-hydrogen) atoms. The summed E-state index contributed by atoms with van der Waals surface area (Å²) >= 11 is 0. The Morgan fingerprint density at radius 1 is 1.25 bits per heavy atom. The third kappa shape index (κ3) is 2.80. The monoisotopic (exact) mass is 391 g/mol. The maximum absolute atomic E-state index is 12.7. The first kappa shape index (κ1) is 20.6. The second-order valence-corrected chi connectivity index (χ2v) is 7.92. The van der Waals surface area contributed by atoms with Gasteiger partial charge in [-0.05, 0) is 37.4 Å². The second-order valence-electron chi connectivity index (χ2n) is 7.92. The van der Waals surface area contributed by atoms with Crippen LogP contribution in [0.2, 0.25) is 0 Å². The summed E-state index contributed by atoms with van der Waals surface area (Å²) in [4.78, 5) is 14.8. The van der Waals surface area contributed by atoms with Crippen molar-refractivity contribution in [1.82, 2.24) is 4.90 Å². The second kappa shape index (κ2) is 7.39. The van der Waals surface area contributed by atoms with Crippen LogP contribution >= 0.6 is 0 Å². The Balaban J connectivity index is 2.41. The van der Waals surface area contributed by atoms with Crippen LogP contribution < -0.4 is 4.74 Å². The molecule has 4 atom stereocenters. The van der Waals surface area contributed by atoms with Crippen molar-refractivity contribution < 1.29 is 29.2 Å². The number of phenols is 1. The molecule has 0 heterocycles. The topological polar surface area (TPSA) is 88.5 Å². The smallest absolute Gasteiger partial charge is 0.197 e. The highest BCUT2D eigenvalue weighted by atomic mass is 16.5. The lowest BCUT2D eigenvalue weighted by atomic mass is 9.56. The number of likely N-dealkylation sites (N-methyl/N-ethyl adjacent to an activating group) is 1. The maximum Gasteiger partial charge on any atom is 0.197 e. The molecule has 1 aromatic carbocycles. The highest BCUT2D eigenvalue weighted by Crippen LogP contribution is 2.58. The number of carbonyl (C=O) groups excluding carboxylic acids is 1. The zero-order valence-corrected chi connectivity index (χ0v) is 17.3. The molecule has 3 rings (SSSR count). The predicted molar refractivity (Wildman–Crippen MR) is 103 cm³/mol. The fourth-order valence-corrected chi connectivity index (χ4v) is 5.00. The van der Waals surface area contributed by atoms with Gasteiger partial charge in [0.2, 0.25) is 0 Å². The molecular formula is C21H29NO6. The lowest BCUT2D eigenvalue weighted by Gasteiger charge is -2.53. The van der Waals surface area contributed by atoms with Gasteiger partial charge < -0.3 is 29.3 Å². The number of fused-ring (bicyclic) bond motifs is 3. The SMILES string of the molecule is COC1=CC2[C@@H](N(C)C)[C@H](OC)c3c(CO)cc(OC)c(O)c3[C@]2(C)CC1=O. The molecule has 0 saturated carbocycles. The number of Topliss-reactive ketones (excluding diaryl/α,β-unsaturated/α-hetero) is 1. The van der Waals surface area contributed by atoms with Crippen molar-refractivity contribution in [3.8, 4) is 11.5 Å². The van der Waals surface area contributed by atoms with E-state index in [-0.39, 0.29) is 42.3 Å². The molecule has 0 bridgehead atoms. The fraction of sp³-hybridized carbons (Fsp3) is 0.571. The summed E-state index contributed by atoms with van der Waals surface area (Å²) in [5, 5.41) is 21.1. The number of allylic oxidation sites excluding steroid dienone is 1. The molecule has 7 heteroatoms. The summed E-state index contributed by atoms with van der Waals surface area (Å²) in [5.41, 5.74) is 1.24. The van der Waals surface area contributed by atoms with E-state index >= 15 is 0 Å². The summed E-state index contributed by atoms with van der Waals surface area (Å²) in [6.45, 7) is 1.74. The van der Waals surface area contributed by atoms with Gasteiger partial charge in [0, 0.05) is 36.5 Å². The van der Waals surface area contributed by atoms with E-state index in [4.69, 9.17) is 14.2 Å². The number of phenolic OH excluding ortho intramolecular Hbond substituents is 1. The highest BCUT2D eigenvalue weighted by Gasteiger charge is 2.55. The van der Waals surface area contributed by atoms with Gasteiger partial charge in [0.05, 0.1) is 26.9 Å². The van der Waals surface area contributed by atoms with Crippen LogP contribution in [0.3, 0.4) is 0 Å². The molecule has 0 radical (unpaired) electrons. The molecule has 0 aromatic heterocycles. The van der Waals surface area contributed by atoms with E-state index in [1.807, 2.05) is 27.1 Å². The van der Waals surface area contributed by atoms with Gasteiger partial charge in [-0.25, -0.2) is 0 Å². The van der Waals surface area contributed by atoms with Crippen LogP contribution in [0.1, 0.15) is 36.1 Å². The van der Waals surface area contributed by atoms with Gasteiger partial charge in [-0.1, -0.05) is 6.92 Å². The normalized spacial score (nSPS) is 29.2. The standard InChI is InChI=1S/C21H29NO6/c1-21-9-13(24)14(26-4)8-12(21)18(22(2)3)20(28-6)16-11(10-23)7-15(27-5)19(25)17(16)21/h7-8,12,18,20,23,25H,9-10H2,1-6H3/t12?,18-,20-,21-/m1/s1. The Hall–Kier alpha value is -2.09. The van der Waals surface area contributed by atoms with E-state index in [9.17, 15) is 15.0 Å². The van der Waals surface area contributed by atoms with E-state index in [1.54, 1.807) is 13.2 Å². The molecule has 154 valence electrons. The molecule has 1 unspecified atom stereocenters. The van der Waals surface area contributed by atoms with Crippen molar-refractivity contribution >= 4 is 5.78 Å². The molecule has 2 aliphatic rings. The number of ether oxygens (including phenoxy) is 3. The highest BCUT2D eigenvalue weighted by molar-refractivity contribution is 5.96. The van der Waals surface area contributed by atoms with Crippen molar-refractivity contribution in [1.29, 1.82) is 0 Å². The van der Waals surface area contributed by atoms with E-state index in [0.717, 1.165) is 5.56 Å². The molecule has 0 amide bonds. The predicted octanol–water partition coefficient (Wildman–Crippen LogP) is 1.90. The number of rotatable bonds is 5. The van der Waals surface area contributed by atoms with Crippen LogP contribution in [-0.4, -0.2) is 62.4 Å². The van der Waals surface area contributed by atoms with Crippen molar-refractivity contribution in [2.75, 3.05) is 35.4 Å². The fourth-order valence-electron chi connectivity index (χ4n) is 5.00. The van der Waals surface area contributed by atoms with E-state index in [2.05, 4.69) is 4.90 Å². The number of ketones is 1. The molecule has 0 aliphatic heterocycles. The van der Waals surface area contributed by atoms with Crippen LogP contribution in [0.5, 0.6) is 11.5 Å². The Bertz CT molecular complexity index is 818. The lowest BCUT2D eigenvalue weighted by Crippen LogP contribution is -2.55. The summed E-state index contributed by atoms with van der Waals surface area (Å²) in [7, 11) is 8.50. The van der Waals surface area contributed by atoms with Crippen molar-refractivity contribution in [2.24, 2.45) is 5.92 Å². The van der Waals surface area contributed by atoms with Crippen LogP contribution in [-0.2, 0) is 26.3 Å². The van der Waals surface area contributed by atoms with Crippen LogP contribution in [0.4, 0.5) is 0 Å². The number of aliphatic hydroxyl groups is 1. The van der Waals surface area contributed by atoms with Gasteiger partial charge in [-0.3, -0.25) is 4.79 Å². The molecule has 7 nitrogen and oxygen atoms in total. The van der Waals surface area contributed by atoms with Crippen LogP contribution in [0.25, 0.3) is 0 Å². The minimum atomic E-state index is -0.707. The Morgan fingerprint density at radius 2 is 1.93 bits per heavy atom. The summed E-state index contributed by atoms with van der Waals surface area (Å²) in [6.07, 6.45) is 1.62. The van der Waals surface area contributed by atoms with Gasteiger partial charge in [0.15, 0.2) is 23.0 Å². The minimum Gasteiger partial charge on any atom is -0.504 e. The van der Waals surface area contributed by atoms with Crippen molar-refractivity contribution in [2.45, 2.75) is 37.5 Å². The number of aromatic hydroxyl groups is 1. The number of hydrogen-bond donors (Lipinski definition) is 2. The number of nitrogens with zero attached hydrogens (tertiary/aromatic N) is 1. The number of aliphatic hydroxyl groups excluding tert-OH is 1.